The Morgan fingerprint density at radius 2 is 2.00 bits per heavy atom. The van der Waals surface area contributed by atoms with Gasteiger partial charge in [-0.2, -0.15) is 15.0 Å². The average molecular weight is 398 g/mol. The molecule has 0 amide bonds. The Labute approximate surface area is 167 Å². The number of nitrogen functional groups attached to an aromatic ring is 1. The Morgan fingerprint density at radius 3 is 2.82 bits per heavy atom. The smallest absolute Gasteiger partial charge is 0.232 e. The van der Waals surface area contributed by atoms with Crippen LogP contribution < -0.4 is 11.1 Å². The summed E-state index contributed by atoms with van der Waals surface area (Å²) < 4.78 is 1.93. The van der Waals surface area contributed by atoms with E-state index in [2.05, 4.69) is 48.8 Å². The molecule has 0 unspecified atom stereocenters. The second-order valence-corrected chi connectivity index (χ2v) is 7.64. The molecule has 1 saturated carbocycles. The Balaban J connectivity index is 1.48. The number of thioether (sulfide) groups is 1. The molecule has 1 fully saturated rings. The van der Waals surface area contributed by atoms with Crippen LogP contribution in [0.5, 0.6) is 0 Å². The van der Waals surface area contributed by atoms with Crippen LogP contribution in [0.4, 0.5) is 17.6 Å². The summed E-state index contributed by atoms with van der Waals surface area (Å²) in [7, 11) is 0. The van der Waals surface area contributed by atoms with Crippen molar-refractivity contribution < 1.29 is 0 Å². The number of nitrogens with zero attached hydrogens (tertiary/aromatic N) is 7. The maximum Gasteiger partial charge on any atom is 0.232 e. The largest absolute Gasteiger partial charge is 0.368 e. The summed E-state index contributed by atoms with van der Waals surface area (Å²) >= 11 is 1.52. The number of hydrogen-bond acceptors (Lipinski definition) is 9. The van der Waals surface area contributed by atoms with E-state index < -0.39 is 0 Å². The van der Waals surface area contributed by atoms with Crippen LogP contribution in [-0.4, -0.2) is 35.2 Å². The first-order chi connectivity index (χ1) is 13.7. The summed E-state index contributed by atoms with van der Waals surface area (Å²) in [5, 5.41) is 16.2. The van der Waals surface area contributed by atoms with Crippen molar-refractivity contribution in [3.8, 4) is 0 Å². The zero-order valence-corrected chi connectivity index (χ0v) is 16.6. The molecule has 2 aromatic heterocycles. The van der Waals surface area contributed by atoms with Gasteiger partial charge in [-0.15, -0.1) is 5.10 Å². The number of tetrazole rings is 1. The molecule has 28 heavy (non-hydrogen) atoms. The summed E-state index contributed by atoms with van der Waals surface area (Å²) in [6.45, 7) is 2.11. The molecule has 2 heterocycles. The maximum absolute atomic E-state index is 5.91. The van der Waals surface area contributed by atoms with E-state index in [9.17, 15) is 0 Å². The number of benzene rings is 1. The molecular weight excluding hydrogens is 374 g/mol. The van der Waals surface area contributed by atoms with Gasteiger partial charge in [0.15, 0.2) is 0 Å². The number of rotatable bonds is 7. The molecule has 146 valence electrons. The minimum absolute atomic E-state index is 0.192. The van der Waals surface area contributed by atoms with E-state index in [1.807, 2.05) is 22.9 Å². The lowest BCUT2D eigenvalue weighted by Gasteiger charge is -2.11. The van der Waals surface area contributed by atoms with Crippen molar-refractivity contribution in [1.82, 2.24) is 35.2 Å². The molecule has 0 radical (unpaired) electrons. The van der Waals surface area contributed by atoms with Crippen LogP contribution in [0.15, 0.2) is 29.4 Å². The van der Waals surface area contributed by atoms with Gasteiger partial charge in [0.05, 0.1) is 11.8 Å². The molecule has 0 saturated heterocycles. The molecule has 3 N–H and O–H groups in total. The predicted octanol–water partition coefficient (Wildman–Crippen LogP) is 3.15. The normalized spacial score (nSPS) is 14.5. The highest BCUT2D eigenvalue weighted by Gasteiger charge is 2.22. The van der Waals surface area contributed by atoms with Gasteiger partial charge >= 0.3 is 0 Å². The fourth-order valence-corrected chi connectivity index (χ4v) is 4.22. The van der Waals surface area contributed by atoms with Crippen molar-refractivity contribution in [3.63, 3.8) is 0 Å². The van der Waals surface area contributed by atoms with E-state index in [1.54, 1.807) is 0 Å². The number of hydrogen-bond donors (Lipinski definition) is 2. The zero-order chi connectivity index (χ0) is 19.3. The van der Waals surface area contributed by atoms with Gasteiger partial charge < -0.3 is 11.1 Å². The minimum Gasteiger partial charge on any atom is -0.368 e. The first-order valence-corrected chi connectivity index (χ1v) is 10.5. The number of aromatic nitrogens is 7. The second-order valence-electron chi connectivity index (χ2n) is 6.70. The van der Waals surface area contributed by atoms with Crippen LogP contribution in [-0.2, 0) is 12.2 Å². The van der Waals surface area contributed by atoms with E-state index in [0.29, 0.717) is 23.6 Å². The Bertz CT molecular complexity index is 936. The highest BCUT2D eigenvalue weighted by molar-refractivity contribution is 7.98. The number of para-hydroxylation sites is 1. The number of aryl methyl sites for hydroxylation is 1. The summed E-state index contributed by atoms with van der Waals surface area (Å²) in [4.78, 5) is 13.0. The molecular formula is C18H23N9S. The van der Waals surface area contributed by atoms with Crippen LogP contribution in [0.25, 0.3) is 0 Å². The van der Waals surface area contributed by atoms with Crippen molar-refractivity contribution in [3.05, 3.63) is 35.7 Å². The fraction of sp³-hybridized carbons (Fsp3) is 0.444. The highest BCUT2D eigenvalue weighted by Crippen LogP contribution is 2.32. The lowest BCUT2D eigenvalue weighted by Crippen LogP contribution is -2.09. The SMILES string of the molecule is CCc1ccccc1Nc1nc(N)nc(CSc2nnnn2C2CCCC2)n1. The third-order valence-corrected chi connectivity index (χ3v) is 5.74. The summed E-state index contributed by atoms with van der Waals surface area (Å²) in [6.07, 6.45) is 5.63. The summed E-state index contributed by atoms with van der Waals surface area (Å²) in [5.41, 5.74) is 8.06. The monoisotopic (exact) mass is 397 g/mol. The molecule has 1 aliphatic carbocycles. The predicted molar refractivity (Wildman–Crippen MR) is 108 cm³/mol. The molecule has 0 aliphatic heterocycles. The highest BCUT2D eigenvalue weighted by atomic mass is 32.2. The standard InChI is InChI=1S/C18H23N9S/c1-2-12-7-3-6-10-14(12)20-17-22-15(21-16(19)23-17)11-28-18-24-25-26-27(18)13-8-4-5-9-13/h3,6-7,10,13H,2,4-5,8-9,11H2,1H3,(H3,19,20,21,22,23). The molecule has 3 aromatic rings. The maximum atomic E-state index is 5.91. The van der Waals surface area contributed by atoms with E-state index in [1.165, 1.54) is 30.2 Å². The number of nitrogens with two attached hydrogens (primary N) is 1. The first-order valence-electron chi connectivity index (χ1n) is 9.49. The third-order valence-electron chi connectivity index (χ3n) is 4.81. The molecule has 4 rings (SSSR count). The first kappa shape index (κ1) is 18.6. The van der Waals surface area contributed by atoms with Crippen molar-refractivity contribution in [2.24, 2.45) is 0 Å². The van der Waals surface area contributed by atoms with Crippen LogP contribution in [0.3, 0.4) is 0 Å². The quantitative estimate of drug-likeness (QED) is 0.579. The van der Waals surface area contributed by atoms with Gasteiger partial charge in [-0.25, -0.2) is 4.68 Å². The summed E-state index contributed by atoms with van der Waals surface area (Å²) in [5.74, 6) is 1.75. The Kier molecular flexibility index (Phi) is 5.65. The van der Waals surface area contributed by atoms with Crippen molar-refractivity contribution in [2.75, 3.05) is 11.1 Å². The van der Waals surface area contributed by atoms with Crippen LogP contribution in [0, 0.1) is 0 Å². The molecule has 0 spiro atoms. The van der Waals surface area contributed by atoms with Gasteiger partial charge in [0.1, 0.15) is 5.82 Å². The molecule has 0 bridgehead atoms. The topological polar surface area (TPSA) is 120 Å². The third kappa shape index (κ3) is 4.22. The van der Waals surface area contributed by atoms with E-state index >= 15 is 0 Å². The van der Waals surface area contributed by atoms with Gasteiger partial charge in [-0.1, -0.05) is 49.7 Å². The lowest BCUT2D eigenvalue weighted by molar-refractivity contribution is 0.423. The van der Waals surface area contributed by atoms with Gasteiger partial charge in [-0.3, -0.25) is 0 Å². The molecule has 10 heteroatoms. The minimum atomic E-state index is 0.192. The van der Waals surface area contributed by atoms with Crippen LogP contribution in [0.1, 0.15) is 50.0 Å². The lowest BCUT2D eigenvalue weighted by atomic mass is 10.1. The summed E-state index contributed by atoms with van der Waals surface area (Å²) in [6, 6.07) is 8.47. The van der Waals surface area contributed by atoms with Crippen molar-refractivity contribution in [1.29, 1.82) is 0 Å². The van der Waals surface area contributed by atoms with Gasteiger partial charge in [0.2, 0.25) is 17.1 Å². The van der Waals surface area contributed by atoms with Crippen LogP contribution in [0.2, 0.25) is 0 Å². The molecule has 9 nitrogen and oxygen atoms in total. The van der Waals surface area contributed by atoms with E-state index in [4.69, 9.17) is 5.73 Å². The molecule has 0 atom stereocenters. The second kappa shape index (κ2) is 8.51. The Hall–Kier alpha value is -2.75. The van der Waals surface area contributed by atoms with Crippen molar-refractivity contribution >= 4 is 29.3 Å². The van der Waals surface area contributed by atoms with Gasteiger partial charge in [-0.05, 0) is 41.3 Å². The van der Waals surface area contributed by atoms with Crippen molar-refractivity contribution in [2.45, 2.75) is 56.0 Å². The molecule has 1 aromatic carbocycles. The van der Waals surface area contributed by atoms with E-state index in [-0.39, 0.29) is 5.95 Å². The Morgan fingerprint density at radius 1 is 1.18 bits per heavy atom. The van der Waals surface area contributed by atoms with Crippen LogP contribution >= 0.6 is 11.8 Å². The van der Waals surface area contributed by atoms with E-state index in [0.717, 1.165) is 30.1 Å². The zero-order valence-electron chi connectivity index (χ0n) is 15.7. The average Bonchev–Trinajstić information content (AvgIpc) is 3.38. The van der Waals surface area contributed by atoms with Gasteiger partial charge in [0, 0.05) is 5.69 Å². The number of nitrogens with one attached hydrogen (secondary N) is 1. The molecule has 1 aliphatic rings. The number of anilines is 3. The van der Waals surface area contributed by atoms with Gasteiger partial charge in [0.25, 0.3) is 0 Å². The fourth-order valence-electron chi connectivity index (χ4n) is 3.42.